The van der Waals surface area contributed by atoms with Gasteiger partial charge < -0.3 is 25.0 Å². The van der Waals surface area contributed by atoms with Gasteiger partial charge in [-0.1, -0.05) is 18.6 Å². The zero-order valence-electron chi connectivity index (χ0n) is 23.7. The van der Waals surface area contributed by atoms with E-state index in [4.69, 9.17) is 9.47 Å². The Morgan fingerprint density at radius 1 is 1.10 bits per heavy atom. The van der Waals surface area contributed by atoms with Gasteiger partial charge in [-0.15, -0.1) is 0 Å². The molecule has 1 saturated carbocycles. The molecule has 0 bridgehead atoms. The Bertz CT molecular complexity index is 1490. The van der Waals surface area contributed by atoms with Crippen LogP contribution in [0.4, 0.5) is 16.2 Å². The van der Waals surface area contributed by atoms with E-state index in [2.05, 4.69) is 15.4 Å². The average molecular weight is 585 g/mol. The highest BCUT2D eigenvalue weighted by atomic mass is 32.2. The summed E-state index contributed by atoms with van der Waals surface area (Å²) in [5, 5.41) is 5.92. The van der Waals surface area contributed by atoms with Gasteiger partial charge in [-0.3, -0.25) is 14.3 Å². The van der Waals surface area contributed by atoms with Crippen molar-refractivity contribution in [1.82, 2.24) is 10.2 Å². The van der Waals surface area contributed by atoms with Crippen molar-refractivity contribution in [2.45, 2.75) is 74.8 Å². The summed E-state index contributed by atoms with van der Waals surface area (Å²) in [5.41, 5.74) is 0.0459. The fourth-order valence-electron chi connectivity index (χ4n) is 5.62. The molecular formula is C29H36N4O7S. The zero-order valence-corrected chi connectivity index (χ0v) is 24.5. The number of likely N-dealkylation sites (tertiary alicyclic amines) is 1. The van der Waals surface area contributed by atoms with Gasteiger partial charge in [-0.25, -0.2) is 13.2 Å². The van der Waals surface area contributed by atoms with Crippen LogP contribution in [0, 0.1) is 0 Å². The van der Waals surface area contributed by atoms with E-state index >= 15 is 0 Å². The van der Waals surface area contributed by atoms with Crippen LogP contribution < -0.4 is 20.1 Å². The first kappa shape index (κ1) is 28.7. The van der Waals surface area contributed by atoms with E-state index in [1.807, 2.05) is 20.8 Å². The Morgan fingerprint density at radius 2 is 1.78 bits per heavy atom. The van der Waals surface area contributed by atoms with Gasteiger partial charge >= 0.3 is 6.09 Å². The number of ether oxygens (including phenoxy) is 2. The van der Waals surface area contributed by atoms with Crippen molar-refractivity contribution in [2.75, 3.05) is 30.2 Å². The second-order valence-corrected chi connectivity index (χ2v) is 13.5. The lowest BCUT2D eigenvalue weighted by molar-refractivity contribution is -0.123. The third kappa shape index (κ3) is 5.57. The van der Waals surface area contributed by atoms with Crippen molar-refractivity contribution < 1.29 is 32.3 Å². The van der Waals surface area contributed by atoms with Crippen LogP contribution in [0.1, 0.15) is 68.8 Å². The van der Waals surface area contributed by atoms with Crippen molar-refractivity contribution in [1.29, 1.82) is 0 Å². The molecule has 3 N–H and O–H groups in total. The van der Waals surface area contributed by atoms with Crippen LogP contribution in [0.5, 0.6) is 5.75 Å². The summed E-state index contributed by atoms with van der Waals surface area (Å²) >= 11 is 0. The number of anilines is 2. The number of hydrogen-bond acceptors (Lipinski definition) is 7. The van der Waals surface area contributed by atoms with E-state index in [1.165, 1.54) is 19.2 Å². The smallest absolute Gasteiger partial charge is 0.410 e. The fourth-order valence-corrected chi connectivity index (χ4v) is 6.83. The highest BCUT2D eigenvalue weighted by Gasteiger charge is 2.52. The van der Waals surface area contributed by atoms with E-state index in [0.717, 1.165) is 6.42 Å². The van der Waals surface area contributed by atoms with Gasteiger partial charge in [0.1, 0.15) is 16.2 Å². The van der Waals surface area contributed by atoms with Crippen molar-refractivity contribution in [3.63, 3.8) is 0 Å². The van der Waals surface area contributed by atoms with Crippen LogP contribution in [0.15, 0.2) is 41.3 Å². The minimum Gasteiger partial charge on any atom is -0.495 e. The Kier molecular flexibility index (Phi) is 7.39. The van der Waals surface area contributed by atoms with Crippen LogP contribution in [0.25, 0.3) is 0 Å². The largest absolute Gasteiger partial charge is 0.495 e. The maximum atomic E-state index is 13.6. The molecule has 0 radical (unpaired) electrons. The minimum absolute atomic E-state index is 0.0432. The second kappa shape index (κ2) is 10.6. The predicted molar refractivity (Wildman–Crippen MR) is 153 cm³/mol. The van der Waals surface area contributed by atoms with Gasteiger partial charge in [0.2, 0.25) is 5.91 Å². The fraction of sp³-hybridized carbons (Fsp3) is 0.483. The van der Waals surface area contributed by atoms with Gasteiger partial charge in [0.15, 0.2) is 0 Å². The number of nitrogens with zero attached hydrogens (tertiary/aromatic N) is 1. The molecule has 2 aliphatic heterocycles. The molecule has 2 fully saturated rings. The number of sulfonamides is 1. The molecule has 3 aliphatic rings. The Morgan fingerprint density at radius 3 is 2.39 bits per heavy atom. The maximum absolute atomic E-state index is 13.6. The standard InChI is InChI=1S/C29H36N4O7S/c1-28(2,3)40-27(36)33-14-10-18(11-15-33)30-25(34)20-16-19(17-21-24(20)31-26(35)29(21)12-7-13-29)32-41(37,38)23-9-6-5-8-22(23)39-4/h5-6,8-9,16-18,32H,7,10-15H2,1-4H3,(H,30,34)(H,31,35). The molecule has 5 rings (SSSR count). The number of piperidine rings is 1. The van der Waals surface area contributed by atoms with E-state index in [9.17, 15) is 22.8 Å². The number of carbonyl (C=O) groups is 3. The van der Waals surface area contributed by atoms with Crippen LogP contribution in [0.2, 0.25) is 0 Å². The van der Waals surface area contributed by atoms with Gasteiger partial charge in [-0.05, 0) is 76.3 Å². The third-order valence-electron chi connectivity index (χ3n) is 7.87. The average Bonchev–Trinajstić information content (AvgIpc) is 3.19. The van der Waals surface area contributed by atoms with Crippen molar-refractivity contribution in [3.8, 4) is 5.75 Å². The Hall–Kier alpha value is -3.80. The normalized spacial score (nSPS) is 18.2. The number of benzene rings is 2. The SMILES string of the molecule is COc1ccccc1S(=O)(=O)Nc1cc(C(=O)NC2CCN(C(=O)OC(C)(C)C)CC2)c2c(c1)C1(CCC1)C(=O)N2. The van der Waals surface area contributed by atoms with E-state index in [1.54, 1.807) is 29.2 Å². The zero-order chi connectivity index (χ0) is 29.6. The topological polar surface area (TPSA) is 143 Å². The lowest BCUT2D eigenvalue weighted by Crippen LogP contribution is -2.47. The first-order valence-corrected chi connectivity index (χ1v) is 15.3. The number of rotatable bonds is 6. The highest BCUT2D eigenvalue weighted by Crippen LogP contribution is 2.53. The van der Waals surface area contributed by atoms with Crippen LogP contribution in [-0.2, 0) is 25.0 Å². The lowest BCUT2D eigenvalue weighted by atomic mass is 9.65. The molecule has 2 heterocycles. The molecule has 2 aromatic rings. The molecule has 2 aromatic carbocycles. The molecule has 1 spiro atoms. The van der Waals surface area contributed by atoms with Crippen molar-refractivity contribution >= 4 is 39.3 Å². The first-order chi connectivity index (χ1) is 19.3. The number of hydrogen-bond donors (Lipinski definition) is 3. The number of carbonyl (C=O) groups excluding carboxylic acids is 3. The van der Waals surface area contributed by atoms with Gasteiger partial charge in [-0.2, -0.15) is 0 Å². The monoisotopic (exact) mass is 584 g/mol. The summed E-state index contributed by atoms with van der Waals surface area (Å²) in [6.07, 6.45) is 2.79. The molecule has 3 amide bonds. The van der Waals surface area contributed by atoms with E-state index in [-0.39, 0.29) is 39.9 Å². The molecule has 0 atom stereocenters. The summed E-state index contributed by atoms with van der Waals surface area (Å²) in [4.78, 5) is 40.7. The molecule has 1 saturated heterocycles. The van der Waals surface area contributed by atoms with Gasteiger partial charge in [0.05, 0.1) is 29.5 Å². The lowest BCUT2D eigenvalue weighted by Gasteiger charge is -2.36. The highest BCUT2D eigenvalue weighted by molar-refractivity contribution is 7.92. The molecule has 12 heteroatoms. The van der Waals surface area contributed by atoms with Crippen LogP contribution >= 0.6 is 0 Å². The van der Waals surface area contributed by atoms with Crippen LogP contribution in [0.3, 0.4) is 0 Å². The molecule has 41 heavy (non-hydrogen) atoms. The number of para-hydroxylation sites is 1. The first-order valence-electron chi connectivity index (χ1n) is 13.8. The number of nitrogens with one attached hydrogen (secondary N) is 3. The minimum atomic E-state index is -4.07. The van der Waals surface area contributed by atoms with Gasteiger partial charge in [0, 0.05) is 19.1 Å². The Balaban J connectivity index is 1.39. The Labute approximate surface area is 240 Å². The second-order valence-electron chi connectivity index (χ2n) is 11.8. The molecule has 11 nitrogen and oxygen atoms in total. The molecular weight excluding hydrogens is 548 g/mol. The number of fused-ring (bicyclic) bond motifs is 2. The third-order valence-corrected chi connectivity index (χ3v) is 9.29. The van der Waals surface area contributed by atoms with Crippen LogP contribution in [-0.4, -0.2) is 63.1 Å². The summed E-state index contributed by atoms with van der Waals surface area (Å²) in [6.45, 7) is 6.29. The van der Waals surface area contributed by atoms with Crippen molar-refractivity contribution in [2.24, 2.45) is 0 Å². The summed E-state index contributed by atoms with van der Waals surface area (Å²) in [7, 11) is -2.68. The summed E-state index contributed by atoms with van der Waals surface area (Å²) < 4.78 is 40.0. The van der Waals surface area contributed by atoms with E-state index in [0.29, 0.717) is 50.0 Å². The van der Waals surface area contributed by atoms with Crippen molar-refractivity contribution in [3.05, 3.63) is 47.5 Å². The quantitative estimate of drug-likeness (QED) is 0.466. The number of methoxy groups -OCH3 is 1. The molecule has 0 unspecified atom stereocenters. The van der Waals surface area contributed by atoms with E-state index < -0.39 is 26.9 Å². The van der Waals surface area contributed by atoms with Gasteiger partial charge in [0.25, 0.3) is 15.9 Å². The molecule has 1 aliphatic carbocycles. The molecule has 220 valence electrons. The maximum Gasteiger partial charge on any atom is 0.410 e. The summed E-state index contributed by atoms with van der Waals surface area (Å²) in [5.74, 6) is -0.417. The molecule has 0 aromatic heterocycles. The number of amides is 3. The predicted octanol–water partition coefficient (Wildman–Crippen LogP) is 4.00. The summed E-state index contributed by atoms with van der Waals surface area (Å²) in [6, 6.07) is 9.15.